The number of halogens is 1. The predicted molar refractivity (Wildman–Crippen MR) is 129 cm³/mol. The summed E-state index contributed by atoms with van der Waals surface area (Å²) in [5.41, 5.74) is 3.40. The number of carbonyl (C=O) groups is 1. The lowest BCUT2D eigenvalue weighted by molar-refractivity contribution is -0.116. The highest BCUT2D eigenvalue weighted by molar-refractivity contribution is 8.00. The lowest BCUT2D eigenvalue weighted by atomic mass is 10.2. The summed E-state index contributed by atoms with van der Waals surface area (Å²) in [5, 5.41) is 0.800. The Morgan fingerprint density at radius 2 is 1.72 bits per heavy atom. The Labute approximate surface area is 187 Å². The number of hydrogen-bond donors (Lipinski definition) is 0. The van der Waals surface area contributed by atoms with Gasteiger partial charge < -0.3 is 4.90 Å². The molecule has 0 aliphatic heterocycles. The van der Waals surface area contributed by atoms with Gasteiger partial charge in [0.1, 0.15) is 0 Å². The van der Waals surface area contributed by atoms with Crippen molar-refractivity contribution in [1.29, 1.82) is 0 Å². The predicted octanol–water partition coefficient (Wildman–Crippen LogP) is 5.41. The van der Waals surface area contributed by atoms with E-state index in [2.05, 4.69) is 69.2 Å². The Balaban J connectivity index is 0.00000300. The van der Waals surface area contributed by atoms with Crippen LogP contribution in [0.15, 0.2) is 47.4 Å². The van der Waals surface area contributed by atoms with Crippen LogP contribution in [-0.2, 0) is 4.79 Å². The Hall–Kier alpha value is -1.60. The fraction of sp³-hybridized carbons (Fsp3) is 0.364. The maximum absolute atomic E-state index is 13.1. The number of aromatic nitrogens is 1. The number of thioether (sulfide) groups is 1. The smallest absolute Gasteiger partial charge is 0.239 e. The van der Waals surface area contributed by atoms with Crippen LogP contribution in [0.4, 0.5) is 5.13 Å². The highest BCUT2D eigenvalue weighted by Crippen LogP contribution is 2.30. The van der Waals surface area contributed by atoms with Crippen LogP contribution in [0.3, 0.4) is 0 Å². The van der Waals surface area contributed by atoms with Crippen LogP contribution in [0.1, 0.15) is 17.5 Å². The molecule has 156 valence electrons. The standard InChI is InChI=1S/C22H27N3OS2.ClH/c1-16-6-9-18(10-7-16)27-15-21(26)25(13-5-12-24(3)4)22-23-19-11-8-17(2)14-20(19)28-22;/h6-11,14H,5,12-13,15H2,1-4H3;1H. The zero-order valence-electron chi connectivity index (χ0n) is 17.3. The van der Waals surface area contributed by atoms with E-state index in [0.717, 1.165) is 33.2 Å². The quantitative estimate of drug-likeness (QED) is 0.430. The van der Waals surface area contributed by atoms with Crippen LogP contribution >= 0.6 is 35.5 Å². The summed E-state index contributed by atoms with van der Waals surface area (Å²) in [6.45, 7) is 5.78. The first kappa shape index (κ1) is 23.7. The molecule has 2 aromatic carbocycles. The third-order valence-electron chi connectivity index (χ3n) is 4.43. The van der Waals surface area contributed by atoms with Crippen molar-refractivity contribution in [3.8, 4) is 0 Å². The third-order valence-corrected chi connectivity index (χ3v) is 6.47. The Morgan fingerprint density at radius 3 is 2.41 bits per heavy atom. The van der Waals surface area contributed by atoms with Crippen molar-refractivity contribution in [3.63, 3.8) is 0 Å². The first-order valence-corrected chi connectivity index (χ1v) is 11.2. The number of carbonyl (C=O) groups excluding carboxylic acids is 1. The normalized spacial score (nSPS) is 10.9. The summed E-state index contributed by atoms with van der Waals surface area (Å²) in [5.74, 6) is 0.528. The third kappa shape index (κ3) is 6.71. The second-order valence-electron chi connectivity index (χ2n) is 7.27. The van der Waals surface area contributed by atoms with E-state index >= 15 is 0 Å². The average molecular weight is 450 g/mol. The molecule has 3 aromatic rings. The zero-order valence-corrected chi connectivity index (χ0v) is 19.8. The molecule has 0 bridgehead atoms. The summed E-state index contributed by atoms with van der Waals surface area (Å²) < 4.78 is 1.13. The fourth-order valence-corrected chi connectivity index (χ4v) is 4.75. The van der Waals surface area contributed by atoms with Gasteiger partial charge in [-0.3, -0.25) is 9.69 Å². The van der Waals surface area contributed by atoms with Gasteiger partial charge in [0, 0.05) is 11.4 Å². The number of nitrogens with zero attached hydrogens (tertiary/aromatic N) is 3. The number of fused-ring (bicyclic) bond motifs is 1. The molecule has 1 aromatic heterocycles. The van der Waals surface area contributed by atoms with Gasteiger partial charge in [-0.2, -0.15) is 0 Å². The van der Waals surface area contributed by atoms with Crippen molar-refractivity contribution in [3.05, 3.63) is 53.6 Å². The highest BCUT2D eigenvalue weighted by Gasteiger charge is 2.20. The van der Waals surface area contributed by atoms with E-state index in [1.165, 1.54) is 11.1 Å². The molecule has 0 saturated carbocycles. The molecule has 1 heterocycles. The van der Waals surface area contributed by atoms with E-state index in [9.17, 15) is 4.79 Å². The number of anilines is 1. The SMILES string of the molecule is Cc1ccc(SCC(=O)N(CCCN(C)C)c2nc3ccc(C)cc3s2)cc1.Cl. The number of amides is 1. The molecular weight excluding hydrogens is 422 g/mol. The van der Waals surface area contributed by atoms with Crippen molar-refractivity contribution in [1.82, 2.24) is 9.88 Å². The van der Waals surface area contributed by atoms with Crippen LogP contribution in [-0.4, -0.2) is 48.7 Å². The maximum Gasteiger partial charge on any atom is 0.239 e. The van der Waals surface area contributed by atoms with E-state index in [1.54, 1.807) is 23.1 Å². The first-order valence-electron chi connectivity index (χ1n) is 9.44. The molecule has 29 heavy (non-hydrogen) atoms. The minimum absolute atomic E-state index is 0. The number of rotatable bonds is 8. The fourth-order valence-electron chi connectivity index (χ4n) is 2.86. The zero-order chi connectivity index (χ0) is 20.1. The van der Waals surface area contributed by atoms with E-state index in [0.29, 0.717) is 12.3 Å². The average Bonchev–Trinajstić information content (AvgIpc) is 3.07. The summed E-state index contributed by atoms with van der Waals surface area (Å²) in [6.07, 6.45) is 0.920. The summed E-state index contributed by atoms with van der Waals surface area (Å²) >= 11 is 3.19. The minimum atomic E-state index is 0. The van der Waals surface area contributed by atoms with E-state index < -0.39 is 0 Å². The lowest BCUT2D eigenvalue weighted by Crippen LogP contribution is -2.34. The largest absolute Gasteiger partial charge is 0.309 e. The number of aryl methyl sites for hydroxylation is 2. The Morgan fingerprint density at radius 1 is 1.03 bits per heavy atom. The van der Waals surface area contributed by atoms with Gasteiger partial charge in [-0.05, 0) is 70.7 Å². The molecule has 3 rings (SSSR count). The molecule has 0 spiro atoms. The van der Waals surface area contributed by atoms with Crippen molar-refractivity contribution in [2.75, 3.05) is 37.8 Å². The molecule has 4 nitrogen and oxygen atoms in total. The highest BCUT2D eigenvalue weighted by atomic mass is 35.5. The van der Waals surface area contributed by atoms with Crippen LogP contribution in [0.25, 0.3) is 10.2 Å². The monoisotopic (exact) mass is 449 g/mol. The van der Waals surface area contributed by atoms with Crippen molar-refractivity contribution in [2.45, 2.75) is 25.2 Å². The molecule has 0 atom stereocenters. The molecule has 7 heteroatoms. The Kier molecular flexibility index (Phi) is 8.96. The number of benzene rings is 2. The lowest BCUT2D eigenvalue weighted by Gasteiger charge is -2.21. The summed E-state index contributed by atoms with van der Waals surface area (Å²) in [4.78, 5) is 22.9. The minimum Gasteiger partial charge on any atom is -0.309 e. The van der Waals surface area contributed by atoms with Crippen LogP contribution < -0.4 is 4.90 Å². The van der Waals surface area contributed by atoms with Crippen LogP contribution in [0.5, 0.6) is 0 Å². The molecule has 0 aliphatic rings. The van der Waals surface area contributed by atoms with E-state index in [4.69, 9.17) is 4.98 Å². The molecule has 1 amide bonds. The van der Waals surface area contributed by atoms with Gasteiger partial charge in [0.05, 0.1) is 16.0 Å². The van der Waals surface area contributed by atoms with Gasteiger partial charge in [-0.15, -0.1) is 24.2 Å². The van der Waals surface area contributed by atoms with Crippen molar-refractivity contribution >= 4 is 56.8 Å². The van der Waals surface area contributed by atoms with Crippen LogP contribution in [0, 0.1) is 13.8 Å². The van der Waals surface area contributed by atoms with Crippen molar-refractivity contribution in [2.24, 2.45) is 0 Å². The number of hydrogen-bond acceptors (Lipinski definition) is 5. The molecule has 0 aliphatic carbocycles. The van der Waals surface area contributed by atoms with E-state index in [-0.39, 0.29) is 18.3 Å². The van der Waals surface area contributed by atoms with Gasteiger partial charge >= 0.3 is 0 Å². The van der Waals surface area contributed by atoms with Crippen molar-refractivity contribution < 1.29 is 4.79 Å². The summed E-state index contributed by atoms with van der Waals surface area (Å²) in [7, 11) is 4.11. The van der Waals surface area contributed by atoms with Crippen LogP contribution in [0.2, 0.25) is 0 Å². The van der Waals surface area contributed by atoms with Gasteiger partial charge in [0.25, 0.3) is 0 Å². The summed E-state index contributed by atoms with van der Waals surface area (Å²) in [6, 6.07) is 14.6. The second kappa shape index (κ2) is 11.0. The maximum atomic E-state index is 13.1. The van der Waals surface area contributed by atoms with E-state index in [1.807, 2.05) is 11.0 Å². The first-order chi connectivity index (χ1) is 13.4. The van der Waals surface area contributed by atoms with Gasteiger partial charge in [-0.1, -0.05) is 35.1 Å². The molecule has 0 radical (unpaired) electrons. The molecule has 0 fully saturated rings. The number of thiazole rings is 1. The van der Waals surface area contributed by atoms with Gasteiger partial charge in [0.15, 0.2) is 5.13 Å². The Bertz CT molecular complexity index is 941. The van der Waals surface area contributed by atoms with Gasteiger partial charge in [0.2, 0.25) is 5.91 Å². The topological polar surface area (TPSA) is 36.4 Å². The molecular formula is C22H28ClN3OS2. The molecule has 0 unspecified atom stereocenters. The second-order valence-corrected chi connectivity index (χ2v) is 9.33. The molecule has 0 N–H and O–H groups in total. The van der Waals surface area contributed by atoms with Gasteiger partial charge in [-0.25, -0.2) is 4.98 Å². The molecule has 0 saturated heterocycles.